The van der Waals surface area contributed by atoms with Crippen molar-refractivity contribution in [3.05, 3.63) is 107 Å². The van der Waals surface area contributed by atoms with E-state index in [0.717, 1.165) is 28.2 Å². The largest absolute Gasteiger partial charge is 0.497 e. The smallest absolute Gasteiger partial charge is 0.259 e. The second-order valence-corrected chi connectivity index (χ2v) is 11.2. The second kappa shape index (κ2) is 15.7. The Morgan fingerprint density at radius 3 is 1.62 bits per heavy atom. The molecule has 3 aromatic carbocycles. The van der Waals surface area contributed by atoms with Gasteiger partial charge in [-0.2, -0.15) is 0 Å². The molecular weight excluding hydrogens is 523 g/mol. The molecule has 0 amide bonds. The molecule has 214 valence electrons. The molecule has 8 heteroatoms. The Bertz CT molecular complexity index is 1130. The lowest BCUT2D eigenvalue weighted by Crippen LogP contribution is -2.35. The number of hydrogen-bond donors (Lipinski definition) is 0. The number of ether oxygens (including phenoxy) is 3. The predicted octanol–water partition coefficient (Wildman–Crippen LogP) is 7.31. The highest BCUT2D eigenvalue weighted by Crippen LogP contribution is 2.46. The van der Waals surface area contributed by atoms with Crippen LogP contribution in [-0.2, 0) is 19.4 Å². The van der Waals surface area contributed by atoms with E-state index in [4.69, 9.17) is 29.8 Å². The van der Waals surface area contributed by atoms with Crippen LogP contribution in [0.5, 0.6) is 11.5 Å². The fourth-order valence-corrected chi connectivity index (χ4v) is 6.26. The number of hydrogen-bond acceptors (Lipinski definition) is 6. The fourth-order valence-electron chi connectivity index (χ4n) is 4.69. The van der Waals surface area contributed by atoms with Crippen LogP contribution in [0.3, 0.4) is 0 Å². The summed E-state index contributed by atoms with van der Waals surface area (Å²) >= 11 is 0. The summed E-state index contributed by atoms with van der Waals surface area (Å²) < 4.78 is 32.4. The van der Waals surface area contributed by atoms with E-state index in [1.807, 2.05) is 66.7 Å². The summed E-state index contributed by atoms with van der Waals surface area (Å²) in [5.74, 6) is 1.54. The standard InChI is InChI=1S/C32H41N2O5P/c1-25(2)34(26(3)4)40(38-22-21-33-5)39-24-23-37-32(27-11-9-8-10-12-27,28-13-17-30(35-6)18-14-28)29-15-19-31(36-7)20-16-29/h8-20,25-26H,21-24H2,1-4,6-7H3. The topological polar surface area (TPSA) is 53.8 Å². The lowest BCUT2D eigenvalue weighted by molar-refractivity contribution is -0.00499. The molecule has 0 saturated carbocycles. The number of benzene rings is 3. The minimum absolute atomic E-state index is 0.224. The number of rotatable bonds is 16. The van der Waals surface area contributed by atoms with Crippen molar-refractivity contribution >= 4 is 8.53 Å². The fraction of sp³-hybridized carbons (Fsp3) is 0.406. The van der Waals surface area contributed by atoms with Crippen LogP contribution in [0, 0.1) is 6.57 Å². The minimum Gasteiger partial charge on any atom is -0.497 e. The molecule has 0 N–H and O–H groups in total. The molecular formula is C32H41N2O5P. The molecule has 3 aromatic rings. The zero-order valence-corrected chi connectivity index (χ0v) is 25.3. The van der Waals surface area contributed by atoms with Crippen molar-refractivity contribution in [2.24, 2.45) is 0 Å². The molecule has 1 unspecified atom stereocenters. The van der Waals surface area contributed by atoms with Crippen LogP contribution in [-0.4, -0.2) is 57.3 Å². The summed E-state index contributed by atoms with van der Waals surface area (Å²) in [5, 5.41) is 0. The van der Waals surface area contributed by atoms with Crippen LogP contribution in [0.15, 0.2) is 78.9 Å². The maximum Gasteiger partial charge on any atom is 0.259 e. The van der Waals surface area contributed by atoms with E-state index in [9.17, 15) is 0 Å². The molecule has 0 aromatic heterocycles. The molecule has 3 rings (SSSR count). The Kier molecular flexibility index (Phi) is 12.4. The third-order valence-corrected chi connectivity index (χ3v) is 8.54. The number of nitrogens with zero attached hydrogens (tertiary/aromatic N) is 2. The Morgan fingerprint density at radius 2 is 1.18 bits per heavy atom. The van der Waals surface area contributed by atoms with E-state index in [0.29, 0.717) is 26.4 Å². The predicted molar refractivity (Wildman–Crippen MR) is 161 cm³/mol. The first kappa shape index (κ1) is 31.5. The van der Waals surface area contributed by atoms with Gasteiger partial charge in [-0.1, -0.05) is 54.6 Å². The molecule has 0 aliphatic rings. The van der Waals surface area contributed by atoms with Crippen molar-refractivity contribution in [2.75, 3.05) is 40.6 Å². The molecule has 0 spiro atoms. The first-order valence-electron chi connectivity index (χ1n) is 13.5. The average Bonchev–Trinajstić information content (AvgIpc) is 2.97. The van der Waals surface area contributed by atoms with Gasteiger partial charge in [-0.3, -0.25) is 0 Å². The monoisotopic (exact) mass is 564 g/mol. The molecule has 0 bridgehead atoms. The SMILES string of the molecule is [C-]#[N+]CCOP(OCCOC(c1ccccc1)(c1ccc(OC)cc1)c1ccc(OC)cc1)N(C(C)C)C(C)C. The lowest BCUT2D eigenvalue weighted by atomic mass is 9.80. The highest BCUT2D eigenvalue weighted by Gasteiger charge is 2.38. The molecule has 0 aliphatic heterocycles. The Morgan fingerprint density at radius 1 is 0.700 bits per heavy atom. The van der Waals surface area contributed by atoms with E-state index >= 15 is 0 Å². The quantitative estimate of drug-likeness (QED) is 0.0787. The highest BCUT2D eigenvalue weighted by atomic mass is 31.2. The van der Waals surface area contributed by atoms with Gasteiger partial charge < -0.3 is 28.1 Å². The van der Waals surface area contributed by atoms with Crippen LogP contribution in [0.25, 0.3) is 4.85 Å². The van der Waals surface area contributed by atoms with Crippen molar-refractivity contribution in [3.8, 4) is 11.5 Å². The van der Waals surface area contributed by atoms with Gasteiger partial charge in [0, 0.05) is 12.1 Å². The first-order chi connectivity index (χ1) is 19.4. The molecule has 0 radical (unpaired) electrons. The third kappa shape index (κ3) is 7.81. The molecule has 0 saturated heterocycles. The van der Waals surface area contributed by atoms with Gasteiger partial charge in [0.15, 0.2) is 0 Å². The van der Waals surface area contributed by atoms with Crippen molar-refractivity contribution < 1.29 is 23.3 Å². The summed E-state index contributed by atoms with van der Waals surface area (Å²) in [6.45, 7) is 16.9. The molecule has 1 atom stereocenters. The summed E-state index contributed by atoms with van der Waals surface area (Å²) in [6, 6.07) is 26.6. The van der Waals surface area contributed by atoms with Gasteiger partial charge in [0.25, 0.3) is 8.53 Å². The van der Waals surface area contributed by atoms with E-state index < -0.39 is 14.1 Å². The van der Waals surface area contributed by atoms with E-state index in [-0.39, 0.29) is 12.1 Å². The zero-order chi connectivity index (χ0) is 29.0. The summed E-state index contributed by atoms with van der Waals surface area (Å²) in [4.78, 5) is 3.43. The van der Waals surface area contributed by atoms with Crippen LogP contribution in [0.2, 0.25) is 0 Å². The van der Waals surface area contributed by atoms with Gasteiger partial charge in [-0.15, -0.1) is 0 Å². The first-order valence-corrected chi connectivity index (χ1v) is 14.7. The van der Waals surface area contributed by atoms with Crippen LogP contribution >= 0.6 is 8.53 Å². The summed E-state index contributed by atoms with van der Waals surface area (Å²) in [6.07, 6.45) is 0. The molecule has 40 heavy (non-hydrogen) atoms. The van der Waals surface area contributed by atoms with Crippen molar-refractivity contribution in [2.45, 2.75) is 45.4 Å². The van der Waals surface area contributed by atoms with Gasteiger partial charge in [-0.05, 0) is 68.7 Å². The average molecular weight is 565 g/mol. The molecule has 0 heterocycles. The van der Waals surface area contributed by atoms with Crippen molar-refractivity contribution in [1.82, 2.24) is 4.67 Å². The molecule has 7 nitrogen and oxygen atoms in total. The van der Waals surface area contributed by atoms with Gasteiger partial charge in [0.2, 0.25) is 6.54 Å². The highest BCUT2D eigenvalue weighted by molar-refractivity contribution is 7.44. The maximum absolute atomic E-state index is 7.12. The number of methoxy groups -OCH3 is 2. The third-order valence-electron chi connectivity index (χ3n) is 6.43. The van der Waals surface area contributed by atoms with E-state index in [1.165, 1.54) is 0 Å². The normalized spacial score (nSPS) is 12.5. The van der Waals surface area contributed by atoms with Crippen molar-refractivity contribution in [3.63, 3.8) is 0 Å². The molecule has 0 aliphatic carbocycles. The maximum atomic E-state index is 7.12. The Hall–Kier alpha value is -2.98. The van der Waals surface area contributed by atoms with Gasteiger partial charge in [0.05, 0.1) is 27.4 Å². The lowest BCUT2D eigenvalue weighted by Gasteiger charge is -2.37. The zero-order valence-electron chi connectivity index (χ0n) is 24.4. The van der Waals surface area contributed by atoms with E-state index in [1.54, 1.807) is 14.2 Å². The van der Waals surface area contributed by atoms with Crippen LogP contribution in [0.1, 0.15) is 44.4 Å². The Labute approximate surface area is 240 Å². The van der Waals surface area contributed by atoms with Crippen LogP contribution in [0.4, 0.5) is 0 Å². The van der Waals surface area contributed by atoms with Gasteiger partial charge in [-0.25, -0.2) is 11.2 Å². The second-order valence-electron chi connectivity index (χ2n) is 9.71. The van der Waals surface area contributed by atoms with Gasteiger partial charge >= 0.3 is 0 Å². The van der Waals surface area contributed by atoms with Crippen molar-refractivity contribution in [1.29, 1.82) is 0 Å². The van der Waals surface area contributed by atoms with E-state index in [2.05, 4.69) is 49.3 Å². The minimum atomic E-state index is -1.36. The molecule has 0 fully saturated rings. The van der Waals surface area contributed by atoms with Crippen LogP contribution < -0.4 is 9.47 Å². The summed E-state index contributed by atoms with van der Waals surface area (Å²) in [7, 11) is 1.96. The Balaban J connectivity index is 1.96. The summed E-state index contributed by atoms with van der Waals surface area (Å²) in [5.41, 5.74) is 2.01. The van der Waals surface area contributed by atoms with Gasteiger partial charge in [0.1, 0.15) is 23.7 Å².